The molecule has 4 rings (SSSR count). The Kier molecular flexibility index (Phi) is 11.0. The molecule has 0 spiro atoms. The first-order chi connectivity index (χ1) is 20.9. The van der Waals surface area contributed by atoms with E-state index in [1.165, 1.54) is 4.68 Å². The molecule has 0 amide bonds. The van der Waals surface area contributed by atoms with Crippen LogP contribution in [0.3, 0.4) is 0 Å². The van der Waals surface area contributed by atoms with Gasteiger partial charge in [0.1, 0.15) is 36.4 Å². The zero-order chi connectivity index (χ0) is 31.9. The lowest BCUT2D eigenvalue weighted by atomic mass is 9.93. The van der Waals surface area contributed by atoms with E-state index in [9.17, 15) is 23.1 Å². The van der Waals surface area contributed by atoms with Gasteiger partial charge in [-0.25, -0.2) is 23.2 Å². The number of carbonyl (C=O) groups is 2. The quantitative estimate of drug-likeness (QED) is 0.151. The third kappa shape index (κ3) is 8.79. The van der Waals surface area contributed by atoms with Crippen molar-refractivity contribution in [1.29, 1.82) is 0 Å². The van der Waals surface area contributed by atoms with E-state index >= 15 is 0 Å². The molecule has 0 radical (unpaired) electrons. The molecule has 0 aliphatic rings. The number of sulfonamides is 1. The van der Waals surface area contributed by atoms with Crippen LogP contribution in [0.5, 0.6) is 11.5 Å². The molecule has 236 valence electrons. The second kappa shape index (κ2) is 14.7. The summed E-state index contributed by atoms with van der Waals surface area (Å²) in [5, 5.41) is 32.1. The Labute approximate surface area is 257 Å². The van der Waals surface area contributed by atoms with Crippen molar-refractivity contribution in [2.45, 2.75) is 43.9 Å². The maximum absolute atomic E-state index is 13.3. The van der Waals surface area contributed by atoms with Gasteiger partial charge < -0.3 is 24.4 Å². The lowest BCUT2D eigenvalue weighted by Crippen LogP contribution is -2.30. The number of aliphatic hydroxyl groups excluding tert-OH is 1. The number of aromatic nitrogens is 4. The number of carboxylic acids is 1. The Balaban J connectivity index is 1.35. The standard InChI is InChI=1S/C28H33N5O9S2/c1-17(2)26(24(35)11-19(27(36)37)15-40-14-18-4-3-5-21(10-18)41-9-8-34)33-13-20(31-32-33)16-42-22-6-7-23-25(12-22)43-28(30-23)44(29,38)39/h3-7,10,12-13,17,19,26,34H,8-9,11,14-16H2,1-2H3,(H,36,37)(H2,29,38,39). The molecule has 0 bridgehead atoms. The zero-order valence-electron chi connectivity index (χ0n) is 24.0. The van der Waals surface area contributed by atoms with Crippen LogP contribution in [0.25, 0.3) is 10.2 Å². The predicted octanol–water partition coefficient (Wildman–Crippen LogP) is 2.56. The van der Waals surface area contributed by atoms with Crippen LogP contribution in [-0.2, 0) is 37.6 Å². The Hall–Kier alpha value is -3.96. The Morgan fingerprint density at radius 3 is 2.57 bits per heavy atom. The van der Waals surface area contributed by atoms with Gasteiger partial charge in [0.25, 0.3) is 10.0 Å². The first kappa shape index (κ1) is 32.9. The molecule has 0 fully saturated rings. The minimum Gasteiger partial charge on any atom is -0.491 e. The monoisotopic (exact) mass is 647 g/mol. The topological polar surface area (TPSA) is 206 Å². The Morgan fingerprint density at radius 1 is 1.09 bits per heavy atom. The average Bonchev–Trinajstić information content (AvgIpc) is 3.61. The molecule has 0 saturated carbocycles. The first-order valence-corrected chi connectivity index (χ1v) is 15.9. The fraction of sp³-hybridized carbons (Fsp3) is 0.393. The van der Waals surface area contributed by atoms with Crippen LogP contribution in [0.1, 0.15) is 37.6 Å². The van der Waals surface area contributed by atoms with E-state index in [0.29, 0.717) is 27.4 Å². The van der Waals surface area contributed by atoms with Gasteiger partial charge in [-0.3, -0.25) is 9.59 Å². The highest BCUT2D eigenvalue weighted by Crippen LogP contribution is 2.29. The molecule has 4 N–H and O–H groups in total. The number of hydrogen-bond acceptors (Lipinski definition) is 12. The lowest BCUT2D eigenvalue weighted by molar-refractivity contribution is -0.147. The number of nitrogens with two attached hydrogens (primary N) is 1. The molecule has 0 saturated heterocycles. The number of carbonyl (C=O) groups excluding carboxylic acids is 1. The molecule has 2 atom stereocenters. The number of benzene rings is 2. The van der Waals surface area contributed by atoms with Crippen molar-refractivity contribution >= 4 is 43.3 Å². The Bertz CT molecular complexity index is 1700. The van der Waals surface area contributed by atoms with E-state index < -0.39 is 28.0 Å². The summed E-state index contributed by atoms with van der Waals surface area (Å²) in [6.45, 7) is 3.67. The van der Waals surface area contributed by atoms with Gasteiger partial charge in [0.15, 0.2) is 5.78 Å². The van der Waals surface area contributed by atoms with Crippen molar-refractivity contribution in [3.63, 3.8) is 0 Å². The maximum Gasteiger partial charge on any atom is 0.309 e. The van der Waals surface area contributed by atoms with Crippen molar-refractivity contribution in [1.82, 2.24) is 20.0 Å². The van der Waals surface area contributed by atoms with Gasteiger partial charge in [0.05, 0.1) is 42.2 Å². The van der Waals surface area contributed by atoms with Crippen molar-refractivity contribution in [2.75, 3.05) is 19.8 Å². The lowest BCUT2D eigenvalue weighted by Gasteiger charge is -2.21. The van der Waals surface area contributed by atoms with Crippen LogP contribution in [0.2, 0.25) is 0 Å². The number of thiazole rings is 1. The van der Waals surface area contributed by atoms with E-state index in [4.69, 9.17) is 24.5 Å². The van der Waals surface area contributed by atoms with Gasteiger partial charge in [-0.05, 0) is 41.8 Å². The van der Waals surface area contributed by atoms with E-state index in [1.54, 1.807) is 48.7 Å². The van der Waals surface area contributed by atoms with Crippen LogP contribution in [0.15, 0.2) is 53.0 Å². The van der Waals surface area contributed by atoms with Crippen LogP contribution in [0.4, 0.5) is 0 Å². The summed E-state index contributed by atoms with van der Waals surface area (Å²) >= 11 is 0.931. The van der Waals surface area contributed by atoms with Crippen LogP contribution in [-0.4, -0.2) is 70.2 Å². The second-order valence-corrected chi connectivity index (χ2v) is 13.0. The predicted molar refractivity (Wildman–Crippen MR) is 159 cm³/mol. The molecule has 0 aliphatic heterocycles. The van der Waals surface area contributed by atoms with Crippen molar-refractivity contribution in [3.8, 4) is 11.5 Å². The smallest absolute Gasteiger partial charge is 0.309 e. The van der Waals surface area contributed by atoms with Gasteiger partial charge in [-0.2, -0.15) is 0 Å². The number of fused-ring (bicyclic) bond motifs is 1. The molecule has 2 heterocycles. The van der Waals surface area contributed by atoms with Gasteiger partial charge in [0.2, 0.25) is 4.34 Å². The van der Waals surface area contributed by atoms with E-state index in [2.05, 4.69) is 15.3 Å². The van der Waals surface area contributed by atoms with Gasteiger partial charge in [-0.15, -0.1) is 16.4 Å². The number of aliphatic hydroxyl groups is 1. The molecule has 44 heavy (non-hydrogen) atoms. The molecule has 0 aliphatic carbocycles. The largest absolute Gasteiger partial charge is 0.491 e. The highest BCUT2D eigenvalue weighted by atomic mass is 32.2. The number of ketones is 1. The number of Topliss-reactive ketones (excluding diaryl/α,β-unsaturated/α-hetero) is 1. The van der Waals surface area contributed by atoms with E-state index in [0.717, 1.165) is 16.9 Å². The Morgan fingerprint density at radius 2 is 1.86 bits per heavy atom. The van der Waals surface area contributed by atoms with E-state index in [-0.39, 0.29) is 55.5 Å². The molecule has 14 nitrogen and oxygen atoms in total. The number of carboxylic acid groups (broad SMARTS) is 1. The summed E-state index contributed by atoms with van der Waals surface area (Å²) in [5.74, 6) is -1.75. The average molecular weight is 648 g/mol. The molecular weight excluding hydrogens is 614 g/mol. The van der Waals surface area contributed by atoms with Gasteiger partial charge >= 0.3 is 5.97 Å². The van der Waals surface area contributed by atoms with E-state index in [1.807, 2.05) is 13.8 Å². The third-order valence-electron chi connectivity index (χ3n) is 6.42. The minimum absolute atomic E-state index is 0.0171. The first-order valence-electron chi connectivity index (χ1n) is 13.6. The van der Waals surface area contributed by atoms with Crippen LogP contribution in [0, 0.1) is 11.8 Å². The summed E-state index contributed by atoms with van der Waals surface area (Å²) in [6.07, 6.45) is 1.31. The third-order valence-corrected chi connectivity index (χ3v) is 8.76. The maximum atomic E-state index is 13.3. The highest BCUT2D eigenvalue weighted by Gasteiger charge is 2.30. The molecule has 16 heteroatoms. The zero-order valence-corrected chi connectivity index (χ0v) is 25.7. The van der Waals surface area contributed by atoms with Gasteiger partial charge in [-0.1, -0.05) is 31.2 Å². The number of ether oxygens (including phenoxy) is 3. The molecule has 2 aromatic heterocycles. The number of hydrogen-bond donors (Lipinski definition) is 3. The fourth-order valence-electron chi connectivity index (χ4n) is 4.38. The number of primary sulfonamides is 1. The number of rotatable bonds is 17. The molecular formula is C28H33N5O9S2. The number of aliphatic carboxylic acids is 1. The summed E-state index contributed by atoms with van der Waals surface area (Å²) in [7, 11) is -3.92. The van der Waals surface area contributed by atoms with Crippen LogP contribution >= 0.6 is 11.3 Å². The summed E-state index contributed by atoms with van der Waals surface area (Å²) < 4.78 is 41.8. The van der Waals surface area contributed by atoms with Crippen LogP contribution < -0.4 is 14.6 Å². The second-order valence-electron chi connectivity index (χ2n) is 10.3. The fourth-order valence-corrected chi connectivity index (χ4v) is 6.07. The van der Waals surface area contributed by atoms with Crippen molar-refractivity contribution in [2.24, 2.45) is 17.0 Å². The summed E-state index contributed by atoms with van der Waals surface area (Å²) in [6, 6.07) is 11.2. The molecule has 4 aromatic rings. The highest BCUT2D eigenvalue weighted by molar-refractivity contribution is 7.91. The molecule has 2 aromatic carbocycles. The normalized spacial score (nSPS) is 13.2. The van der Waals surface area contributed by atoms with Crippen molar-refractivity contribution < 1.29 is 42.4 Å². The molecule has 2 unspecified atom stereocenters. The van der Waals surface area contributed by atoms with Gasteiger partial charge in [0, 0.05) is 6.42 Å². The number of nitrogens with zero attached hydrogens (tertiary/aromatic N) is 4. The van der Waals surface area contributed by atoms with Crippen molar-refractivity contribution in [3.05, 3.63) is 59.9 Å². The summed E-state index contributed by atoms with van der Waals surface area (Å²) in [4.78, 5) is 29.3. The summed E-state index contributed by atoms with van der Waals surface area (Å²) in [5.41, 5.74) is 1.66. The SMILES string of the molecule is CC(C)C(C(=O)CC(COCc1cccc(OCCO)c1)C(=O)O)n1cc(COc2ccc3nc(S(N)(=O)=O)sc3c2)nn1. The minimum atomic E-state index is -3.92.